The highest BCUT2D eigenvalue weighted by atomic mass is 79.9. The van der Waals surface area contributed by atoms with Gasteiger partial charge in [-0.3, -0.25) is 0 Å². The van der Waals surface area contributed by atoms with Gasteiger partial charge in [0.2, 0.25) is 0 Å². The summed E-state index contributed by atoms with van der Waals surface area (Å²) in [4.78, 5) is 4.39. The Morgan fingerprint density at radius 2 is 2.00 bits per heavy atom. The molecule has 0 saturated heterocycles. The van der Waals surface area contributed by atoms with Crippen LogP contribution in [-0.4, -0.2) is 11.0 Å². The van der Waals surface area contributed by atoms with Crippen molar-refractivity contribution in [2.75, 3.05) is 5.32 Å². The maximum atomic E-state index is 4.39. The van der Waals surface area contributed by atoms with Crippen LogP contribution in [0, 0.1) is 12.8 Å². The van der Waals surface area contributed by atoms with Crippen molar-refractivity contribution in [1.29, 1.82) is 0 Å². The van der Waals surface area contributed by atoms with Gasteiger partial charge >= 0.3 is 0 Å². The average Bonchev–Trinajstić information content (AvgIpc) is 2.19. The smallest absolute Gasteiger partial charge is 0.140 e. The molecule has 2 nitrogen and oxygen atoms in total. The highest BCUT2D eigenvalue weighted by Crippen LogP contribution is 2.22. The molecule has 0 aliphatic heterocycles. The number of hydrogen-bond acceptors (Lipinski definition) is 2. The fraction of sp³-hybridized carbons (Fsp3) is 0.615. The van der Waals surface area contributed by atoms with Crippen LogP contribution < -0.4 is 5.32 Å². The topological polar surface area (TPSA) is 24.9 Å². The molecule has 0 spiro atoms. The summed E-state index contributed by atoms with van der Waals surface area (Å²) in [5.41, 5.74) is 1.17. The van der Waals surface area contributed by atoms with Gasteiger partial charge in [0, 0.05) is 12.2 Å². The fourth-order valence-electron chi connectivity index (χ4n) is 1.53. The first kappa shape index (κ1) is 13.5. The van der Waals surface area contributed by atoms with Crippen LogP contribution in [0.25, 0.3) is 0 Å². The molecule has 1 aromatic rings. The fourth-order valence-corrected chi connectivity index (χ4v) is 2.11. The van der Waals surface area contributed by atoms with Gasteiger partial charge in [-0.15, -0.1) is 0 Å². The predicted molar refractivity (Wildman–Crippen MR) is 73.8 cm³/mol. The quantitative estimate of drug-likeness (QED) is 0.868. The van der Waals surface area contributed by atoms with E-state index in [1.807, 2.05) is 13.1 Å². The number of anilines is 1. The van der Waals surface area contributed by atoms with E-state index in [-0.39, 0.29) is 0 Å². The van der Waals surface area contributed by atoms with Crippen LogP contribution >= 0.6 is 15.9 Å². The molecule has 90 valence electrons. The summed E-state index contributed by atoms with van der Waals surface area (Å²) in [6.07, 6.45) is 4.32. The van der Waals surface area contributed by atoms with E-state index in [4.69, 9.17) is 0 Å². The number of rotatable bonds is 5. The lowest BCUT2D eigenvalue weighted by molar-refractivity contribution is 0.527. The third-order valence-corrected chi connectivity index (χ3v) is 3.14. The van der Waals surface area contributed by atoms with Crippen molar-refractivity contribution in [2.45, 2.75) is 46.6 Å². The van der Waals surface area contributed by atoms with E-state index in [1.54, 1.807) is 0 Å². The molecule has 0 aliphatic rings. The normalized spacial score (nSPS) is 12.9. The molecule has 1 rings (SSSR count). The SMILES string of the molecule is Cc1cnc(NC(C)CCC(C)C)c(Br)c1. The third-order valence-electron chi connectivity index (χ3n) is 2.54. The molecule has 1 N–H and O–H groups in total. The Labute approximate surface area is 107 Å². The van der Waals surface area contributed by atoms with Gasteiger partial charge in [0.05, 0.1) is 4.47 Å². The van der Waals surface area contributed by atoms with Gasteiger partial charge in [-0.05, 0) is 60.2 Å². The highest BCUT2D eigenvalue weighted by molar-refractivity contribution is 9.10. The molecular weight excluding hydrogens is 264 g/mol. The van der Waals surface area contributed by atoms with E-state index in [0.29, 0.717) is 6.04 Å². The summed E-state index contributed by atoms with van der Waals surface area (Å²) >= 11 is 3.53. The van der Waals surface area contributed by atoms with Gasteiger partial charge in [0.25, 0.3) is 0 Å². The Kier molecular flexibility index (Phi) is 5.26. The zero-order valence-electron chi connectivity index (χ0n) is 10.5. The molecule has 16 heavy (non-hydrogen) atoms. The van der Waals surface area contributed by atoms with Gasteiger partial charge in [-0.25, -0.2) is 4.98 Å². The largest absolute Gasteiger partial charge is 0.367 e. The number of aromatic nitrogens is 1. The van der Waals surface area contributed by atoms with Crippen molar-refractivity contribution >= 4 is 21.7 Å². The lowest BCUT2D eigenvalue weighted by Crippen LogP contribution is -2.17. The van der Waals surface area contributed by atoms with Crippen molar-refractivity contribution in [2.24, 2.45) is 5.92 Å². The lowest BCUT2D eigenvalue weighted by Gasteiger charge is -2.16. The molecule has 0 aliphatic carbocycles. The zero-order valence-corrected chi connectivity index (χ0v) is 12.1. The maximum Gasteiger partial charge on any atom is 0.140 e. The van der Waals surface area contributed by atoms with Crippen LogP contribution in [0.3, 0.4) is 0 Å². The molecule has 0 radical (unpaired) electrons. The second kappa shape index (κ2) is 6.24. The van der Waals surface area contributed by atoms with E-state index in [9.17, 15) is 0 Å². The standard InChI is InChI=1S/C13H21BrN2/c1-9(2)5-6-11(4)16-13-12(14)7-10(3)8-15-13/h7-9,11H,5-6H2,1-4H3,(H,15,16). The number of halogens is 1. The van der Waals surface area contributed by atoms with Crippen molar-refractivity contribution in [3.8, 4) is 0 Å². The van der Waals surface area contributed by atoms with Gasteiger partial charge in [-0.2, -0.15) is 0 Å². The third kappa shape index (κ3) is 4.52. The summed E-state index contributed by atoms with van der Waals surface area (Å²) in [6, 6.07) is 2.55. The van der Waals surface area contributed by atoms with E-state index in [0.717, 1.165) is 16.2 Å². The van der Waals surface area contributed by atoms with E-state index >= 15 is 0 Å². The molecule has 0 bridgehead atoms. The molecule has 1 heterocycles. The van der Waals surface area contributed by atoms with Crippen molar-refractivity contribution < 1.29 is 0 Å². The average molecular weight is 285 g/mol. The van der Waals surface area contributed by atoms with Crippen LogP contribution in [0.4, 0.5) is 5.82 Å². The second-order valence-electron chi connectivity index (χ2n) is 4.86. The minimum absolute atomic E-state index is 0.467. The van der Waals surface area contributed by atoms with Gasteiger partial charge < -0.3 is 5.32 Å². The van der Waals surface area contributed by atoms with E-state index < -0.39 is 0 Å². The first-order valence-electron chi connectivity index (χ1n) is 5.87. The number of hydrogen-bond donors (Lipinski definition) is 1. The van der Waals surface area contributed by atoms with Crippen LogP contribution in [0.2, 0.25) is 0 Å². The van der Waals surface area contributed by atoms with E-state index in [2.05, 4.69) is 53.1 Å². The van der Waals surface area contributed by atoms with Crippen molar-refractivity contribution in [1.82, 2.24) is 4.98 Å². The van der Waals surface area contributed by atoms with Crippen molar-refractivity contribution in [3.63, 3.8) is 0 Å². The second-order valence-corrected chi connectivity index (χ2v) is 5.71. The summed E-state index contributed by atoms with van der Waals surface area (Å²) in [5, 5.41) is 3.43. The van der Waals surface area contributed by atoms with Crippen LogP contribution in [0.5, 0.6) is 0 Å². The van der Waals surface area contributed by atoms with Crippen LogP contribution in [-0.2, 0) is 0 Å². The zero-order chi connectivity index (χ0) is 12.1. The number of pyridine rings is 1. The van der Waals surface area contributed by atoms with Crippen LogP contribution in [0.1, 0.15) is 39.2 Å². The maximum absolute atomic E-state index is 4.39. The Morgan fingerprint density at radius 3 is 2.56 bits per heavy atom. The number of nitrogens with zero attached hydrogens (tertiary/aromatic N) is 1. The minimum Gasteiger partial charge on any atom is -0.367 e. The van der Waals surface area contributed by atoms with Crippen molar-refractivity contribution in [3.05, 3.63) is 22.3 Å². The molecule has 0 amide bonds. The molecule has 1 aromatic heterocycles. The lowest BCUT2D eigenvalue weighted by atomic mass is 10.0. The number of aryl methyl sites for hydroxylation is 1. The molecule has 3 heteroatoms. The summed E-state index contributed by atoms with van der Waals surface area (Å²) in [5.74, 6) is 1.71. The monoisotopic (exact) mass is 284 g/mol. The number of nitrogens with one attached hydrogen (secondary N) is 1. The predicted octanol–water partition coefficient (Wildman–Crippen LogP) is 4.39. The first-order valence-corrected chi connectivity index (χ1v) is 6.67. The minimum atomic E-state index is 0.467. The molecule has 0 saturated carbocycles. The molecule has 1 unspecified atom stereocenters. The van der Waals surface area contributed by atoms with E-state index in [1.165, 1.54) is 18.4 Å². The Morgan fingerprint density at radius 1 is 1.31 bits per heavy atom. The molecule has 0 fully saturated rings. The van der Waals surface area contributed by atoms with Crippen LogP contribution in [0.15, 0.2) is 16.7 Å². The molecule has 1 atom stereocenters. The van der Waals surface area contributed by atoms with Gasteiger partial charge in [0.1, 0.15) is 5.82 Å². The summed E-state index contributed by atoms with van der Waals surface area (Å²) < 4.78 is 1.05. The summed E-state index contributed by atoms with van der Waals surface area (Å²) in [7, 11) is 0. The Hall–Kier alpha value is -0.570. The highest BCUT2D eigenvalue weighted by Gasteiger charge is 2.07. The Bertz CT molecular complexity index is 337. The first-order chi connectivity index (χ1) is 7.49. The van der Waals surface area contributed by atoms with Gasteiger partial charge in [-0.1, -0.05) is 13.8 Å². The van der Waals surface area contributed by atoms with Gasteiger partial charge in [0.15, 0.2) is 0 Å². The summed E-state index contributed by atoms with van der Waals surface area (Å²) in [6.45, 7) is 8.76. The molecular formula is C13H21BrN2. The molecule has 0 aromatic carbocycles. The Balaban J connectivity index is 2.52.